The molecule has 0 aliphatic carbocycles. The Labute approximate surface area is 151 Å². The van der Waals surface area contributed by atoms with Gasteiger partial charge in [-0.25, -0.2) is 4.68 Å². The molecule has 0 unspecified atom stereocenters. The third-order valence-corrected chi connectivity index (χ3v) is 4.30. The van der Waals surface area contributed by atoms with E-state index in [2.05, 4.69) is 46.0 Å². The van der Waals surface area contributed by atoms with Crippen LogP contribution in [-0.2, 0) is 11.2 Å². The number of benzene rings is 3. The van der Waals surface area contributed by atoms with Crippen LogP contribution in [0.4, 0.5) is 5.69 Å². The largest absolute Gasteiger partial charge is 0.324 e. The number of para-hydroxylation sites is 2. The van der Waals surface area contributed by atoms with Gasteiger partial charge in [-0.2, -0.15) is 0 Å². The van der Waals surface area contributed by atoms with Crippen LogP contribution in [0, 0.1) is 0 Å². The van der Waals surface area contributed by atoms with Crippen LogP contribution in [0.25, 0.3) is 16.5 Å². The molecule has 0 fully saturated rings. The molecule has 0 saturated heterocycles. The second-order valence-corrected chi connectivity index (χ2v) is 6.09. The van der Waals surface area contributed by atoms with Gasteiger partial charge in [0.15, 0.2) is 0 Å². The second kappa shape index (κ2) is 7.19. The third-order valence-electron chi connectivity index (χ3n) is 4.30. The molecule has 1 heterocycles. The Hall–Kier alpha value is -3.47. The van der Waals surface area contributed by atoms with E-state index in [9.17, 15) is 4.79 Å². The molecule has 0 saturated carbocycles. The summed E-state index contributed by atoms with van der Waals surface area (Å²) in [6, 6.07) is 22.1. The number of anilines is 1. The summed E-state index contributed by atoms with van der Waals surface area (Å²) >= 11 is 0. The molecule has 0 aliphatic rings. The fourth-order valence-corrected chi connectivity index (χ4v) is 2.98. The summed E-state index contributed by atoms with van der Waals surface area (Å²) in [5.74, 6) is -0.0225. The average Bonchev–Trinajstić information content (AvgIpc) is 3.21. The minimum atomic E-state index is -0.0225. The van der Waals surface area contributed by atoms with Crippen molar-refractivity contribution in [3.05, 3.63) is 84.7 Å². The van der Waals surface area contributed by atoms with E-state index in [-0.39, 0.29) is 5.91 Å². The van der Waals surface area contributed by atoms with E-state index >= 15 is 0 Å². The Bertz CT molecular complexity index is 1040. The summed E-state index contributed by atoms with van der Waals surface area (Å²) in [4.78, 5) is 12.4. The topological polar surface area (TPSA) is 59.8 Å². The standard InChI is InChI=1S/C21H18N4O/c26-21(12-10-16-9-11-17-5-1-2-6-18(17)15-16)23-19-7-3-4-8-20(19)25-14-13-22-24-25/h1-9,11,13-15H,10,12H2,(H,23,26). The summed E-state index contributed by atoms with van der Waals surface area (Å²) in [6.07, 6.45) is 4.48. The van der Waals surface area contributed by atoms with Gasteiger partial charge in [0, 0.05) is 6.42 Å². The van der Waals surface area contributed by atoms with Crippen LogP contribution in [-0.4, -0.2) is 20.9 Å². The number of nitrogens with one attached hydrogen (secondary N) is 1. The number of aromatic nitrogens is 3. The van der Waals surface area contributed by atoms with Gasteiger partial charge in [-0.05, 0) is 34.9 Å². The molecule has 4 rings (SSSR count). The van der Waals surface area contributed by atoms with Crippen molar-refractivity contribution >= 4 is 22.4 Å². The maximum atomic E-state index is 12.4. The first-order chi connectivity index (χ1) is 12.8. The van der Waals surface area contributed by atoms with E-state index in [4.69, 9.17) is 0 Å². The van der Waals surface area contributed by atoms with Gasteiger partial charge >= 0.3 is 0 Å². The number of aryl methyl sites for hydroxylation is 1. The molecule has 0 radical (unpaired) electrons. The van der Waals surface area contributed by atoms with Crippen molar-refractivity contribution in [3.8, 4) is 5.69 Å². The van der Waals surface area contributed by atoms with E-state index in [0.29, 0.717) is 12.8 Å². The number of amides is 1. The van der Waals surface area contributed by atoms with Crippen molar-refractivity contribution in [2.75, 3.05) is 5.32 Å². The van der Waals surface area contributed by atoms with Crippen molar-refractivity contribution in [1.82, 2.24) is 15.0 Å². The Morgan fingerprint density at radius 1 is 0.962 bits per heavy atom. The zero-order valence-corrected chi connectivity index (χ0v) is 14.2. The minimum absolute atomic E-state index is 0.0225. The van der Waals surface area contributed by atoms with Crippen LogP contribution in [0.1, 0.15) is 12.0 Å². The number of carbonyl (C=O) groups excluding carboxylic acids is 1. The van der Waals surface area contributed by atoms with E-state index in [1.807, 2.05) is 36.4 Å². The van der Waals surface area contributed by atoms with Crippen LogP contribution in [0.15, 0.2) is 79.1 Å². The predicted molar refractivity (Wildman–Crippen MR) is 102 cm³/mol. The molecular weight excluding hydrogens is 324 g/mol. The number of carbonyl (C=O) groups is 1. The number of hydrogen-bond acceptors (Lipinski definition) is 3. The maximum absolute atomic E-state index is 12.4. The normalized spacial score (nSPS) is 10.8. The molecule has 1 amide bonds. The van der Waals surface area contributed by atoms with Crippen molar-refractivity contribution in [2.24, 2.45) is 0 Å². The van der Waals surface area contributed by atoms with E-state index in [0.717, 1.165) is 16.9 Å². The van der Waals surface area contributed by atoms with Crippen molar-refractivity contribution in [2.45, 2.75) is 12.8 Å². The summed E-state index contributed by atoms with van der Waals surface area (Å²) < 4.78 is 1.64. The van der Waals surface area contributed by atoms with Gasteiger partial charge < -0.3 is 5.32 Å². The van der Waals surface area contributed by atoms with Crippen LogP contribution in [0.3, 0.4) is 0 Å². The monoisotopic (exact) mass is 342 g/mol. The second-order valence-electron chi connectivity index (χ2n) is 6.09. The molecule has 3 aromatic carbocycles. The Morgan fingerprint density at radius 3 is 2.62 bits per heavy atom. The van der Waals surface area contributed by atoms with Gasteiger partial charge in [-0.1, -0.05) is 59.8 Å². The predicted octanol–water partition coefficient (Wildman–Crippen LogP) is 3.99. The summed E-state index contributed by atoms with van der Waals surface area (Å²) in [6.45, 7) is 0. The number of hydrogen-bond donors (Lipinski definition) is 1. The van der Waals surface area contributed by atoms with Crippen LogP contribution < -0.4 is 5.32 Å². The highest BCUT2D eigenvalue weighted by Gasteiger charge is 2.09. The van der Waals surface area contributed by atoms with Gasteiger partial charge in [0.2, 0.25) is 5.91 Å². The fraction of sp³-hybridized carbons (Fsp3) is 0.0952. The first-order valence-corrected chi connectivity index (χ1v) is 8.53. The summed E-state index contributed by atoms with van der Waals surface area (Å²) in [5, 5.41) is 13.2. The number of nitrogens with zero attached hydrogens (tertiary/aromatic N) is 3. The molecule has 4 aromatic rings. The SMILES string of the molecule is O=C(CCc1ccc2ccccc2c1)Nc1ccccc1-n1ccnn1. The molecule has 0 spiro atoms. The molecule has 5 nitrogen and oxygen atoms in total. The number of rotatable bonds is 5. The lowest BCUT2D eigenvalue weighted by Gasteiger charge is -2.10. The highest BCUT2D eigenvalue weighted by molar-refractivity contribution is 5.93. The first-order valence-electron chi connectivity index (χ1n) is 8.53. The quantitative estimate of drug-likeness (QED) is 0.596. The molecule has 0 aliphatic heterocycles. The van der Waals surface area contributed by atoms with Crippen molar-refractivity contribution in [1.29, 1.82) is 0 Å². The Kier molecular flexibility index (Phi) is 4.43. The molecule has 0 bridgehead atoms. The molecule has 1 aromatic heterocycles. The van der Waals surface area contributed by atoms with E-state index in [1.165, 1.54) is 10.8 Å². The maximum Gasteiger partial charge on any atom is 0.224 e. The van der Waals surface area contributed by atoms with Crippen molar-refractivity contribution < 1.29 is 4.79 Å². The van der Waals surface area contributed by atoms with Crippen LogP contribution in [0.5, 0.6) is 0 Å². The molecule has 26 heavy (non-hydrogen) atoms. The van der Waals surface area contributed by atoms with Gasteiger partial charge in [0.1, 0.15) is 0 Å². The van der Waals surface area contributed by atoms with Crippen molar-refractivity contribution in [3.63, 3.8) is 0 Å². The average molecular weight is 342 g/mol. The lowest BCUT2D eigenvalue weighted by Crippen LogP contribution is -2.14. The molecule has 0 atom stereocenters. The Balaban J connectivity index is 1.44. The van der Waals surface area contributed by atoms with Crippen LogP contribution >= 0.6 is 0 Å². The summed E-state index contributed by atoms with van der Waals surface area (Å²) in [7, 11) is 0. The number of fused-ring (bicyclic) bond motifs is 1. The molecule has 5 heteroatoms. The summed E-state index contributed by atoms with van der Waals surface area (Å²) in [5.41, 5.74) is 2.67. The first kappa shape index (κ1) is 16.0. The van der Waals surface area contributed by atoms with E-state index < -0.39 is 0 Å². The zero-order valence-electron chi connectivity index (χ0n) is 14.2. The lowest BCUT2D eigenvalue weighted by atomic mass is 10.0. The highest BCUT2D eigenvalue weighted by Crippen LogP contribution is 2.20. The fourth-order valence-electron chi connectivity index (χ4n) is 2.98. The third kappa shape index (κ3) is 3.47. The lowest BCUT2D eigenvalue weighted by molar-refractivity contribution is -0.116. The van der Waals surface area contributed by atoms with Gasteiger partial charge in [-0.15, -0.1) is 5.10 Å². The zero-order chi connectivity index (χ0) is 17.8. The van der Waals surface area contributed by atoms with E-state index in [1.54, 1.807) is 17.1 Å². The molecule has 1 N–H and O–H groups in total. The Morgan fingerprint density at radius 2 is 1.77 bits per heavy atom. The van der Waals surface area contributed by atoms with Gasteiger partial charge in [-0.3, -0.25) is 4.79 Å². The molecule has 128 valence electrons. The van der Waals surface area contributed by atoms with Gasteiger partial charge in [0.25, 0.3) is 0 Å². The molecular formula is C21H18N4O. The van der Waals surface area contributed by atoms with Gasteiger partial charge in [0.05, 0.1) is 23.8 Å². The van der Waals surface area contributed by atoms with Crippen LogP contribution in [0.2, 0.25) is 0 Å². The highest BCUT2D eigenvalue weighted by atomic mass is 16.1. The minimum Gasteiger partial charge on any atom is -0.324 e. The smallest absolute Gasteiger partial charge is 0.224 e.